The first-order chi connectivity index (χ1) is 9.03. The summed E-state index contributed by atoms with van der Waals surface area (Å²) in [5.41, 5.74) is -0.678. The molecule has 0 atom stereocenters. The van der Waals surface area contributed by atoms with E-state index >= 15 is 0 Å². The third-order valence-electron chi connectivity index (χ3n) is 3.43. The minimum atomic E-state index is -1.23. The van der Waals surface area contributed by atoms with E-state index in [0.29, 0.717) is 6.54 Å². The molecule has 104 valence electrons. The van der Waals surface area contributed by atoms with Crippen LogP contribution in [-0.2, 0) is 4.74 Å². The molecule has 0 amide bonds. The monoisotopic (exact) mass is 271 g/mol. The number of rotatable bonds is 5. The van der Waals surface area contributed by atoms with E-state index in [2.05, 4.69) is 10.1 Å². The number of ether oxygens (including phenoxy) is 1. The summed E-state index contributed by atoms with van der Waals surface area (Å²) in [6, 6.07) is 2.46. The van der Waals surface area contributed by atoms with Gasteiger partial charge >= 0.3 is 5.97 Å². The molecule has 2 N–H and O–H groups in total. The van der Waals surface area contributed by atoms with Crippen molar-refractivity contribution in [3.05, 3.63) is 29.3 Å². The highest BCUT2D eigenvalue weighted by Gasteiger charge is 2.41. The maximum Gasteiger partial charge on any atom is 0.340 e. The summed E-state index contributed by atoms with van der Waals surface area (Å²) >= 11 is 0. The first-order valence-electron chi connectivity index (χ1n) is 5.94. The lowest BCUT2D eigenvalue weighted by atomic mass is 10.1. The number of hydrogen-bond donors (Lipinski definition) is 2. The molecule has 0 aromatic heterocycles. The Hall–Kier alpha value is -1.69. The number of aliphatic hydroxyl groups excluding tert-OH is 1. The molecule has 1 saturated carbocycles. The van der Waals surface area contributed by atoms with Gasteiger partial charge in [0.2, 0.25) is 0 Å². The minimum absolute atomic E-state index is 0.0182. The lowest BCUT2D eigenvalue weighted by Crippen LogP contribution is -2.20. The van der Waals surface area contributed by atoms with Crippen LogP contribution in [0.25, 0.3) is 0 Å². The zero-order valence-electron chi connectivity index (χ0n) is 10.5. The average Bonchev–Trinajstić information content (AvgIpc) is 3.20. The van der Waals surface area contributed by atoms with Crippen molar-refractivity contribution in [1.82, 2.24) is 0 Å². The van der Waals surface area contributed by atoms with Gasteiger partial charge < -0.3 is 15.2 Å². The average molecular weight is 271 g/mol. The van der Waals surface area contributed by atoms with E-state index in [1.807, 2.05) is 0 Å². The van der Waals surface area contributed by atoms with Crippen LogP contribution in [0.1, 0.15) is 23.2 Å². The summed E-state index contributed by atoms with van der Waals surface area (Å²) in [7, 11) is 1.10. The number of nitrogens with one attached hydrogen (secondary N) is 1. The van der Waals surface area contributed by atoms with Crippen molar-refractivity contribution in [3.8, 4) is 0 Å². The number of esters is 1. The Balaban J connectivity index is 2.14. The van der Waals surface area contributed by atoms with Crippen LogP contribution in [0.4, 0.5) is 14.5 Å². The number of hydrogen-bond acceptors (Lipinski definition) is 4. The Morgan fingerprint density at radius 2 is 2.11 bits per heavy atom. The van der Waals surface area contributed by atoms with Crippen molar-refractivity contribution >= 4 is 11.7 Å². The van der Waals surface area contributed by atoms with E-state index in [-0.39, 0.29) is 17.7 Å². The summed E-state index contributed by atoms with van der Waals surface area (Å²) in [4.78, 5) is 11.2. The number of methoxy groups -OCH3 is 1. The fourth-order valence-corrected chi connectivity index (χ4v) is 1.80. The van der Waals surface area contributed by atoms with Gasteiger partial charge in [-0.3, -0.25) is 0 Å². The second-order valence-corrected chi connectivity index (χ2v) is 4.79. The lowest BCUT2D eigenvalue weighted by molar-refractivity contribution is 0.0594. The number of halogens is 2. The number of benzene rings is 1. The topological polar surface area (TPSA) is 58.6 Å². The van der Waals surface area contributed by atoms with Crippen molar-refractivity contribution in [2.45, 2.75) is 12.8 Å². The Bertz CT molecular complexity index is 501. The third kappa shape index (κ3) is 2.68. The highest BCUT2D eigenvalue weighted by molar-refractivity contribution is 5.90. The SMILES string of the molecule is COC(=O)c1ccc(NCC2(CO)CC2)c(F)c1F. The van der Waals surface area contributed by atoms with Gasteiger partial charge in [-0.25, -0.2) is 13.6 Å². The van der Waals surface area contributed by atoms with Crippen LogP contribution in [0.15, 0.2) is 12.1 Å². The molecule has 0 aliphatic heterocycles. The molecule has 0 unspecified atom stereocenters. The molecule has 2 rings (SSSR count). The summed E-state index contributed by atoms with van der Waals surface area (Å²) in [6.07, 6.45) is 1.72. The molecule has 1 aromatic carbocycles. The molecular formula is C13H15F2NO3. The second kappa shape index (κ2) is 5.13. The molecule has 0 heterocycles. The number of carbonyl (C=O) groups excluding carboxylic acids is 1. The van der Waals surface area contributed by atoms with Crippen LogP contribution in [-0.4, -0.2) is 31.3 Å². The molecule has 0 saturated heterocycles. The Labute approximate surface area is 109 Å². The third-order valence-corrected chi connectivity index (χ3v) is 3.43. The maximum absolute atomic E-state index is 13.8. The van der Waals surface area contributed by atoms with E-state index in [1.54, 1.807) is 0 Å². The molecule has 0 radical (unpaired) electrons. The van der Waals surface area contributed by atoms with Gasteiger partial charge in [0, 0.05) is 12.0 Å². The molecule has 0 spiro atoms. The lowest BCUT2D eigenvalue weighted by Gasteiger charge is -2.15. The van der Waals surface area contributed by atoms with E-state index in [1.165, 1.54) is 12.1 Å². The highest BCUT2D eigenvalue weighted by Crippen LogP contribution is 2.45. The fraction of sp³-hybridized carbons (Fsp3) is 0.462. The normalized spacial score (nSPS) is 16.0. The van der Waals surface area contributed by atoms with Gasteiger partial charge in [0.25, 0.3) is 0 Å². The van der Waals surface area contributed by atoms with Crippen molar-refractivity contribution in [3.63, 3.8) is 0 Å². The fourth-order valence-electron chi connectivity index (χ4n) is 1.80. The van der Waals surface area contributed by atoms with Crippen LogP contribution < -0.4 is 5.32 Å². The van der Waals surface area contributed by atoms with Crippen LogP contribution >= 0.6 is 0 Å². The van der Waals surface area contributed by atoms with Crippen molar-refractivity contribution < 1.29 is 23.4 Å². The summed E-state index contributed by atoms with van der Waals surface area (Å²) < 4.78 is 31.8. The van der Waals surface area contributed by atoms with Crippen LogP contribution in [0.3, 0.4) is 0 Å². The summed E-state index contributed by atoms with van der Waals surface area (Å²) in [5, 5.41) is 11.9. The first-order valence-corrected chi connectivity index (χ1v) is 5.94. The Kier molecular flexibility index (Phi) is 3.71. The smallest absolute Gasteiger partial charge is 0.340 e. The van der Waals surface area contributed by atoms with Crippen LogP contribution in [0.2, 0.25) is 0 Å². The van der Waals surface area contributed by atoms with Crippen LogP contribution in [0, 0.1) is 17.0 Å². The molecule has 1 fully saturated rings. The van der Waals surface area contributed by atoms with E-state index < -0.39 is 23.2 Å². The molecule has 1 aromatic rings. The van der Waals surface area contributed by atoms with Gasteiger partial charge in [-0.15, -0.1) is 0 Å². The standard InChI is InChI=1S/C13H15F2NO3/c1-19-12(18)8-2-3-9(11(15)10(8)14)16-6-13(7-17)4-5-13/h2-3,16-17H,4-7H2,1H3. The van der Waals surface area contributed by atoms with Crippen molar-refractivity contribution in [2.24, 2.45) is 5.41 Å². The zero-order valence-corrected chi connectivity index (χ0v) is 10.5. The largest absolute Gasteiger partial charge is 0.465 e. The quantitative estimate of drug-likeness (QED) is 0.803. The Morgan fingerprint density at radius 3 is 2.63 bits per heavy atom. The molecule has 0 bridgehead atoms. The molecule has 1 aliphatic rings. The number of carbonyl (C=O) groups is 1. The summed E-state index contributed by atoms with van der Waals surface area (Å²) in [6.45, 7) is 0.391. The van der Waals surface area contributed by atoms with E-state index in [4.69, 9.17) is 5.11 Å². The molecule has 1 aliphatic carbocycles. The molecular weight excluding hydrogens is 256 g/mol. The van der Waals surface area contributed by atoms with Gasteiger partial charge in [-0.1, -0.05) is 0 Å². The molecule has 4 nitrogen and oxygen atoms in total. The predicted octanol–water partition coefficient (Wildman–Crippen LogP) is 1.94. The van der Waals surface area contributed by atoms with E-state index in [9.17, 15) is 13.6 Å². The number of aliphatic hydroxyl groups is 1. The minimum Gasteiger partial charge on any atom is -0.465 e. The molecule has 19 heavy (non-hydrogen) atoms. The van der Waals surface area contributed by atoms with Crippen molar-refractivity contribution in [1.29, 1.82) is 0 Å². The first kappa shape index (κ1) is 13.7. The molecule has 6 heteroatoms. The maximum atomic E-state index is 13.8. The van der Waals surface area contributed by atoms with E-state index in [0.717, 1.165) is 20.0 Å². The number of anilines is 1. The second-order valence-electron chi connectivity index (χ2n) is 4.79. The zero-order chi connectivity index (χ0) is 14.0. The Morgan fingerprint density at radius 1 is 1.42 bits per heavy atom. The van der Waals surface area contributed by atoms with Gasteiger partial charge in [-0.2, -0.15) is 0 Å². The van der Waals surface area contributed by atoms with Crippen LogP contribution in [0.5, 0.6) is 0 Å². The van der Waals surface area contributed by atoms with Gasteiger partial charge in [-0.05, 0) is 25.0 Å². The van der Waals surface area contributed by atoms with Gasteiger partial charge in [0.15, 0.2) is 11.6 Å². The van der Waals surface area contributed by atoms with Gasteiger partial charge in [0.1, 0.15) is 0 Å². The summed E-state index contributed by atoms with van der Waals surface area (Å²) in [5.74, 6) is -3.26. The van der Waals surface area contributed by atoms with Crippen molar-refractivity contribution in [2.75, 3.05) is 25.6 Å². The predicted molar refractivity (Wildman–Crippen MR) is 64.9 cm³/mol. The van der Waals surface area contributed by atoms with Gasteiger partial charge in [0.05, 0.1) is 25.0 Å². The highest BCUT2D eigenvalue weighted by atomic mass is 19.2.